The molecule has 0 spiro atoms. The van der Waals surface area contributed by atoms with Crippen molar-refractivity contribution in [2.24, 2.45) is 0 Å². The number of halogens is 1. The minimum Gasteiger partial charge on any atom is -0.481 e. The topological polar surface area (TPSA) is 145 Å². The van der Waals surface area contributed by atoms with Crippen LogP contribution >= 0.6 is 0 Å². The highest BCUT2D eigenvalue weighted by molar-refractivity contribution is 7.92. The molecule has 0 aliphatic heterocycles. The third-order valence-electron chi connectivity index (χ3n) is 6.73. The van der Waals surface area contributed by atoms with E-state index in [1.807, 2.05) is 6.07 Å². The highest BCUT2D eigenvalue weighted by Gasteiger charge is 2.33. The molecular weight excluding hydrogens is 571 g/mol. The van der Waals surface area contributed by atoms with Gasteiger partial charge in [0.25, 0.3) is 5.91 Å². The Morgan fingerprint density at radius 2 is 1.64 bits per heavy atom. The Labute approximate surface area is 243 Å². The number of aliphatic carboxylic acids is 1. The average molecular weight is 607 g/mol. The van der Waals surface area contributed by atoms with Crippen LogP contribution < -0.4 is 9.62 Å². The first-order chi connectivity index (χ1) is 20.1. The minimum absolute atomic E-state index is 0.0518. The smallest absolute Gasteiger partial charge is 0.305 e. The van der Waals surface area contributed by atoms with E-state index >= 15 is 0 Å². The van der Waals surface area contributed by atoms with Crippen molar-refractivity contribution in [3.8, 4) is 11.3 Å². The van der Waals surface area contributed by atoms with Gasteiger partial charge in [0.15, 0.2) is 0 Å². The summed E-state index contributed by atoms with van der Waals surface area (Å²) in [5.74, 6) is -1.31. The molecule has 1 aliphatic rings. The maximum atomic E-state index is 13.6. The van der Waals surface area contributed by atoms with E-state index in [2.05, 4.69) is 5.32 Å². The van der Waals surface area contributed by atoms with E-state index in [1.54, 1.807) is 6.07 Å². The molecule has 1 aliphatic carbocycles. The lowest BCUT2D eigenvalue weighted by molar-refractivity contribution is -0.138. The molecule has 4 rings (SSSR count). The number of fused-ring (bicyclic) bond motifs is 1. The summed E-state index contributed by atoms with van der Waals surface area (Å²) in [6.45, 7) is 1.32. The van der Waals surface area contributed by atoms with Gasteiger partial charge >= 0.3 is 5.97 Å². The molecule has 1 heterocycles. The zero-order valence-corrected chi connectivity index (χ0v) is 24.4. The predicted molar refractivity (Wildman–Crippen MR) is 154 cm³/mol. The highest BCUT2D eigenvalue weighted by Crippen LogP contribution is 2.48. The number of carbonyl (C=O) groups excluding carboxylic acids is 1. The van der Waals surface area contributed by atoms with Gasteiger partial charge in [0.05, 0.1) is 70.1 Å². The molecule has 11 nitrogen and oxygen atoms in total. The Hall–Kier alpha value is -3.52. The number of nitrogens with one attached hydrogen (secondary N) is 1. The van der Waals surface area contributed by atoms with Crippen molar-refractivity contribution in [3.05, 3.63) is 53.3 Å². The van der Waals surface area contributed by atoms with Crippen molar-refractivity contribution in [1.29, 1.82) is 0 Å². The number of hydrogen-bond acceptors (Lipinski definition) is 8. The number of ether oxygens (including phenoxy) is 3. The maximum absolute atomic E-state index is 13.6. The standard InChI is InChI=1S/C29H35FN2O9S/c1-31-29(35)27-23-17-22(19-3-4-19)24(18-25(23)41-28(27)20-5-7-21(30)8-6-20)32(42(2,36)37)10-12-39-14-16-40-15-13-38-11-9-26(33)34/h5-8,17-19H,3-4,9-16H2,1-2H3,(H,31,35)(H,33,34). The van der Waals surface area contributed by atoms with Crippen LogP contribution in [0.3, 0.4) is 0 Å². The van der Waals surface area contributed by atoms with Crippen LogP contribution in [0.4, 0.5) is 10.1 Å². The van der Waals surface area contributed by atoms with Gasteiger partial charge in [-0.3, -0.25) is 13.9 Å². The second-order valence-corrected chi connectivity index (χ2v) is 11.8. The van der Waals surface area contributed by atoms with Crippen LogP contribution in [0, 0.1) is 5.82 Å². The van der Waals surface area contributed by atoms with E-state index < -0.39 is 21.8 Å². The first-order valence-electron chi connectivity index (χ1n) is 13.6. The van der Waals surface area contributed by atoms with Gasteiger partial charge in [-0.1, -0.05) is 0 Å². The summed E-state index contributed by atoms with van der Waals surface area (Å²) in [7, 11) is -2.20. The Bertz CT molecular complexity index is 1500. The number of benzene rings is 2. The molecule has 2 N–H and O–H groups in total. The molecule has 0 bridgehead atoms. The molecule has 0 saturated heterocycles. The quantitative estimate of drug-likeness (QED) is 0.219. The van der Waals surface area contributed by atoms with Crippen molar-refractivity contribution in [3.63, 3.8) is 0 Å². The van der Waals surface area contributed by atoms with Gasteiger partial charge in [0, 0.05) is 24.1 Å². The lowest BCUT2D eigenvalue weighted by atomic mass is 10.0. The summed E-state index contributed by atoms with van der Waals surface area (Å²) in [5, 5.41) is 11.8. The van der Waals surface area contributed by atoms with E-state index in [0.717, 1.165) is 24.7 Å². The fraction of sp³-hybridized carbons (Fsp3) is 0.448. The molecule has 3 aromatic rings. The maximum Gasteiger partial charge on any atom is 0.305 e. The summed E-state index contributed by atoms with van der Waals surface area (Å²) in [4.78, 5) is 23.4. The van der Waals surface area contributed by atoms with Gasteiger partial charge in [-0.2, -0.15) is 0 Å². The van der Waals surface area contributed by atoms with Crippen LogP contribution in [-0.4, -0.2) is 84.9 Å². The molecule has 1 aromatic heterocycles. The van der Waals surface area contributed by atoms with Crippen LogP contribution in [0.2, 0.25) is 0 Å². The van der Waals surface area contributed by atoms with Gasteiger partial charge in [-0.15, -0.1) is 0 Å². The molecule has 0 atom stereocenters. The van der Waals surface area contributed by atoms with Crippen LogP contribution in [0.5, 0.6) is 0 Å². The number of sulfonamides is 1. The summed E-state index contributed by atoms with van der Waals surface area (Å²) in [6.07, 6.45) is 2.84. The monoisotopic (exact) mass is 606 g/mol. The van der Waals surface area contributed by atoms with Crippen molar-refractivity contribution >= 4 is 38.6 Å². The van der Waals surface area contributed by atoms with E-state index in [4.69, 9.17) is 23.7 Å². The van der Waals surface area contributed by atoms with Crippen LogP contribution in [-0.2, 0) is 29.0 Å². The summed E-state index contributed by atoms with van der Waals surface area (Å²) >= 11 is 0. The fourth-order valence-corrected chi connectivity index (χ4v) is 5.48. The number of hydrogen-bond donors (Lipinski definition) is 2. The zero-order chi connectivity index (χ0) is 30.3. The molecule has 1 amide bonds. The molecule has 1 fully saturated rings. The number of nitrogens with zero attached hydrogens (tertiary/aromatic N) is 1. The molecule has 0 unspecified atom stereocenters. The summed E-state index contributed by atoms with van der Waals surface area (Å²) in [5.41, 5.74) is 2.42. The first-order valence-corrected chi connectivity index (χ1v) is 15.5. The van der Waals surface area contributed by atoms with E-state index in [9.17, 15) is 22.4 Å². The molecule has 13 heteroatoms. The van der Waals surface area contributed by atoms with Crippen molar-refractivity contribution < 1.29 is 46.1 Å². The van der Waals surface area contributed by atoms with Crippen molar-refractivity contribution in [1.82, 2.24) is 5.32 Å². The number of carboxylic acid groups (broad SMARTS) is 1. The number of furan rings is 1. The largest absolute Gasteiger partial charge is 0.481 e. The molecule has 228 valence electrons. The van der Waals surface area contributed by atoms with Crippen molar-refractivity contribution in [2.45, 2.75) is 25.2 Å². The number of carboxylic acids is 1. The molecule has 0 radical (unpaired) electrons. The van der Waals surface area contributed by atoms with E-state index in [1.165, 1.54) is 35.6 Å². The third-order valence-corrected chi connectivity index (χ3v) is 7.91. The molecule has 42 heavy (non-hydrogen) atoms. The van der Waals surface area contributed by atoms with Gasteiger partial charge < -0.3 is 29.1 Å². The number of carbonyl (C=O) groups is 2. The SMILES string of the molecule is CNC(=O)c1c(-c2ccc(F)cc2)oc2cc(N(CCOCCOCCOCCC(=O)O)S(C)(=O)=O)c(C3CC3)cc12. The minimum atomic E-state index is -3.71. The van der Waals surface area contributed by atoms with Gasteiger partial charge in [-0.25, -0.2) is 12.8 Å². The Balaban J connectivity index is 1.51. The second kappa shape index (κ2) is 14.1. The molecular formula is C29H35FN2O9S. The zero-order valence-electron chi connectivity index (χ0n) is 23.6. The van der Waals surface area contributed by atoms with Gasteiger partial charge in [-0.05, 0) is 54.7 Å². The third kappa shape index (κ3) is 8.06. The number of rotatable bonds is 17. The Morgan fingerprint density at radius 1 is 1.02 bits per heavy atom. The number of amides is 1. The van der Waals surface area contributed by atoms with Crippen LogP contribution in [0.15, 0.2) is 40.8 Å². The summed E-state index contributed by atoms with van der Waals surface area (Å²) < 4.78 is 63.1. The number of anilines is 1. The van der Waals surface area contributed by atoms with E-state index in [0.29, 0.717) is 27.8 Å². The predicted octanol–water partition coefficient (Wildman–Crippen LogP) is 3.77. The van der Waals surface area contributed by atoms with Crippen LogP contribution in [0.1, 0.15) is 41.1 Å². The highest BCUT2D eigenvalue weighted by atomic mass is 32.2. The Morgan fingerprint density at radius 3 is 2.21 bits per heavy atom. The van der Waals surface area contributed by atoms with Crippen molar-refractivity contribution in [2.75, 3.05) is 63.8 Å². The second-order valence-electron chi connectivity index (χ2n) is 9.89. The molecule has 2 aromatic carbocycles. The van der Waals surface area contributed by atoms with E-state index in [-0.39, 0.29) is 70.2 Å². The fourth-order valence-electron chi connectivity index (χ4n) is 4.55. The molecule has 1 saturated carbocycles. The average Bonchev–Trinajstić information content (AvgIpc) is 3.72. The summed E-state index contributed by atoms with van der Waals surface area (Å²) in [6, 6.07) is 9.09. The lowest BCUT2D eigenvalue weighted by Gasteiger charge is -2.25. The first kappa shape index (κ1) is 31.4. The normalized spacial score (nSPS) is 13.4. The van der Waals surface area contributed by atoms with Gasteiger partial charge in [0.1, 0.15) is 17.2 Å². The van der Waals surface area contributed by atoms with Gasteiger partial charge in [0.2, 0.25) is 10.0 Å². The lowest BCUT2D eigenvalue weighted by Crippen LogP contribution is -2.34. The Kier molecular flexibility index (Phi) is 10.5. The van der Waals surface area contributed by atoms with Crippen LogP contribution in [0.25, 0.3) is 22.3 Å².